The maximum absolute atomic E-state index is 13.3. The fourth-order valence-corrected chi connectivity index (χ4v) is 5.94. The number of carbonyl (C=O) groups excluding carboxylic acids is 2. The number of piperidine rings is 1. The fraction of sp³-hybridized carbons (Fsp3) is 0.364. The number of likely N-dealkylation sites (tertiary alicyclic amines) is 1. The minimum Gasteiger partial charge on any atom is -0.466 e. The van der Waals surface area contributed by atoms with E-state index in [1.807, 2.05) is 0 Å². The van der Waals surface area contributed by atoms with Crippen molar-refractivity contribution in [3.63, 3.8) is 0 Å². The van der Waals surface area contributed by atoms with E-state index in [0.717, 1.165) is 4.31 Å². The Bertz CT molecular complexity index is 1130. The Hall–Kier alpha value is -2.58. The first-order valence-corrected chi connectivity index (χ1v) is 12.0. The number of rotatable bonds is 4. The first-order chi connectivity index (χ1) is 14.8. The zero-order valence-electron chi connectivity index (χ0n) is 17.1. The van der Waals surface area contributed by atoms with Crippen molar-refractivity contribution in [1.29, 1.82) is 0 Å². The van der Waals surface area contributed by atoms with Crippen LogP contribution in [-0.4, -0.2) is 51.4 Å². The highest BCUT2D eigenvalue weighted by atomic mass is 35.5. The van der Waals surface area contributed by atoms with Crippen LogP contribution in [0.25, 0.3) is 11.1 Å². The van der Waals surface area contributed by atoms with Crippen molar-refractivity contribution in [2.75, 3.05) is 30.5 Å². The minimum absolute atomic E-state index is 0.151. The number of halogens is 1. The molecule has 2 aliphatic heterocycles. The van der Waals surface area contributed by atoms with Crippen molar-refractivity contribution in [3.05, 3.63) is 47.5 Å². The molecule has 0 aromatic heterocycles. The highest BCUT2D eigenvalue weighted by Crippen LogP contribution is 2.43. The highest BCUT2D eigenvalue weighted by molar-refractivity contribution is 7.93. The number of hydrogen-bond donors (Lipinski definition) is 0. The van der Waals surface area contributed by atoms with Crippen LogP contribution in [0.5, 0.6) is 0 Å². The van der Waals surface area contributed by atoms with Crippen LogP contribution in [0.1, 0.15) is 19.8 Å². The van der Waals surface area contributed by atoms with Gasteiger partial charge in [-0.2, -0.15) is 0 Å². The summed E-state index contributed by atoms with van der Waals surface area (Å²) < 4.78 is 32.9. The van der Waals surface area contributed by atoms with Gasteiger partial charge in [-0.05, 0) is 44.0 Å². The number of nitrogens with zero attached hydrogens (tertiary/aromatic N) is 2. The maximum atomic E-state index is 13.3. The number of fused-ring (bicyclic) bond motifs is 3. The van der Waals surface area contributed by atoms with E-state index < -0.39 is 10.0 Å². The van der Waals surface area contributed by atoms with Gasteiger partial charge in [0.05, 0.1) is 23.1 Å². The zero-order chi connectivity index (χ0) is 22.2. The van der Waals surface area contributed by atoms with Crippen LogP contribution in [-0.2, 0) is 24.3 Å². The second-order valence-electron chi connectivity index (χ2n) is 7.58. The zero-order valence-corrected chi connectivity index (χ0v) is 18.7. The minimum atomic E-state index is -3.91. The molecule has 0 radical (unpaired) electrons. The number of amides is 1. The average molecular weight is 463 g/mol. The summed E-state index contributed by atoms with van der Waals surface area (Å²) in [7, 11) is -3.91. The maximum Gasteiger partial charge on any atom is 0.309 e. The number of hydrogen-bond acceptors (Lipinski definition) is 5. The molecular weight excluding hydrogens is 440 g/mol. The number of carbonyl (C=O) groups is 2. The molecule has 31 heavy (non-hydrogen) atoms. The van der Waals surface area contributed by atoms with E-state index in [9.17, 15) is 18.0 Å². The predicted octanol–water partition coefficient (Wildman–Crippen LogP) is 3.32. The first kappa shape index (κ1) is 21.6. The van der Waals surface area contributed by atoms with Gasteiger partial charge in [0.25, 0.3) is 10.0 Å². The molecule has 1 fully saturated rings. The lowest BCUT2D eigenvalue weighted by Crippen LogP contribution is -2.47. The van der Waals surface area contributed by atoms with Gasteiger partial charge >= 0.3 is 5.97 Å². The van der Waals surface area contributed by atoms with Crippen LogP contribution in [0, 0.1) is 5.92 Å². The molecule has 0 aliphatic carbocycles. The van der Waals surface area contributed by atoms with Crippen molar-refractivity contribution < 1.29 is 22.7 Å². The van der Waals surface area contributed by atoms with E-state index in [0.29, 0.717) is 54.4 Å². The Morgan fingerprint density at radius 2 is 1.81 bits per heavy atom. The monoisotopic (exact) mass is 462 g/mol. The lowest BCUT2D eigenvalue weighted by Gasteiger charge is -2.35. The van der Waals surface area contributed by atoms with Crippen molar-refractivity contribution >= 4 is 39.2 Å². The average Bonchev–Trinajstić information content (AvgIpc) is 2.77. The van der Waals surface area contributed by atoms with E-state index in [1.165, 1.54) is 6.07 Å². The third-order valence-electron chi connectivity index (χ3n) is 5.72. The van der Waals surface area contributed by atoms with Crippen LogP contribution in [0.2, 0.25) is 5.02 Å². The molecule has 4 rings (SSSR count). The van der Waals surface area contributed by atoms with Gasteiger partial charge in [0, 0.05) is 29.2 Å². The Morgan fingerprint density at radius 3 is 2.52 bits per heavy atom. The Labute approximate surface area is 186 Å². The van der Waals surface area contributed by atoms with E-state index in [2.05, 4.69) is 0 Å². The number of benzene rings is 2. The molecule has 2 aromatic carbocycles. The van der Waals surface area contributed by atoms with Crippen LogP contribution >= 0.6 is 11.6 Å². The second-order valence-corrected chi connectivity index (χ2v) is 9.84. The molecule has 0 spiro atoms. The van der Waals surface area contributed by atoms with Gasteiger partial charge in [-0.25, -0.2) is 8.42 Å². The largest absolute Gasteiger partial charge is 0.466 e. The lowest BCUT2D eigenvalue weighted by molar-refractivity contribution is -0.151. The second kappa shape index (κ2) is 8.51. The fourth-order valence-electron chi connectivity index (χ4n) is 4.12. The summed E-state index contributed by atoms with van der Waals surface area (Å²) in [5.74, 6) is -0.765. The summed E-state index contributed by atoms with van der Waals surface area (Å²) in [4.78, 5) is 26.7. The molecule has 2 aromatic rings. The molecule has 2 aliphatic rings. The van der Waals surface area contributed by atoms with E-state index >= 15 is 0 Å². The van der Waals surface area contributed by atoms with E-state index in [1.54, 1.807) is 48.2 Å². The molecule has 0 saturated carbocycles. The van der Waals surface area contributed by atoms with Crippen LogP contribution in [0.4, 0.5) is 5.69 Å². The lowest BCUT2D eigenvalue weighted by atomic mass is 9.97. The van der Waals surface area contributed by atoms with Gasteiger partial charge in [-0.3, -0.25) is 13.9 Å². The molecule has 0 N–H and O–H groups in total. The molecular formula is C22H23ClN2O5S. The molecule has 1 saturated heterocycles. The third kappa shape index (κ3) is 4.02. The Morgan fingerprint density at radius 1 is 1.10 bits per heavy atom. The SMILES string of the molecule is CCOC(=O)C1CCN(C(=O)CN2c3ccc(Cl)cc3-c3ccccc3S2(=O)=O)CC1. The molecule has 0 unspecified atom stereocenters. The van der Waals surface area contributed by atoms with Gasteiger partial charge in [0.15, 0.2) is 0 Å². The van der Waals surface area contributed by atoms with Gasteiger partial charge in [-0.15, -0.1) is 0 Å². The molecule has 9 heteroatoms. The summed E-state index contributed by atoms with van der Waals surface area (Å²) in [6.07, 6.45) is 1.01. The van der Waals surface area contributed by atoms with Crippen molar-refractivity contribution in [1.82, 2.24) is 4.90 Å². The molecule has 7 nitrogen and oxygen atoms in total. The third-order valence-corrected chi connectivity index (χ3v) is 7.77. The molecule has 2 heterocycles. The van der Waals surface area contributed by atoms with Crippen molar-refractivity contribution in [2.24, 2.45) is 5.92 Å². The van der Waals surface area contributed by atoms with E-state index in [4.69, 9.17) is 16.3 Å². The standard InChI is InChI=1S/C22H23ClN2O5S/c1-2-30-22(27)15-9-11-24(12-10-15)21(26)14-25-19-8-7-16(23)13-18(19)17-5-3-4-6-20(17)31(25,28)29/h3-8,13,15H,2,9-12,14H2,1H3. The molecule has 1 amide bonds. The van der Waals surface area contributed by atoms with Crippen LogP contribution in [0.15, 0.2) is 47.4 Å². The van der Waals surface area contributed by atoms with Crippen molar-refractivity contribution in [2.45, 2.75) is 24.7 Å². The van der Waals surface area contributed by atoms with Gasteiger partial charge in [-0.1, -0.05) is 29.8 Å². The van der Waals surface area contributed by atoms with Gasteiger partial charge in [0.2, 0.25) is 5.91 Å². The number of esters is 1. The quantitative estimate of drug-likeness (QED) is 0.651. The summed E-state index contributed by atoms with van der Waals surface area (Å²) in [6.45, 7) is 2.56. The van der Waals surface area contributed by atoms with Gasteiger partial charge in [0.1, 0.15) is 6.54 Å². The number of ether oxygens (including phenoxy) is 1. The summed E-state index contributed by atoms with van der Waals surface area (Å²) >= 11 is 6.17. The Kier molecular flexibility index (Phi) is 5.94. The number of sulfonamides is 1. The highest BCUT2D eigenvalue weighted by Gasteiger charge is 2.37. The summed E-state index contributed by atoms with van der Waals surface area (Å²) in [5.41, 5.74) is 1.67. The molecule has 0 bridgehead atoms. The van der Waals surface area contributed by atoms with E-state index in [-0.39, 0.29) is 29.2 Å². The van der Waals surface area contributed by atoms with Crippen LogP contribution in [0.3, 0.4) is 0 Å². The first-order valence-electron chi connectivity index (χ1n) is 10.2. The van der Waals surface area contributed by atoms with Crippen LogP contribution < -0.4 is 4.31 Å². The van der Waals surface area contributed by atoms with Crippen molar-refractivity contribution in [3.8, 4) is 11.1 Å². The summed E-state index contributed by atoms with van der Waals surface area (Å²) in [5, 5.41) is 0.486. The summed E-state index contributed by atoms with van der Waals surface area (Å²) in [6, 6.07) is 11.7. The topological polar surface area (TPSA) is 84.0 Å². The number of anilines is 1. The molecule has 164 valence electrons. The smallest absolute Gasteiger partial charge is 0.309 e. The predicted molar refractivity (Wildman–Crippen MR) is 117 cm³/mol. The normalized spacial score (nSPS) is 17.6. The Balaban J connectivity index is 1.58. The molecule has 0 atom stereocenters. The van der Waals surface area contributed by atoms with Gasteiger partial charge < -0.3 is 9.64 Å².